The summed E-state index contributed by atoms with van der Waals surface area (Å²) in [6.07, 6.45) is 2.83. The van der Waals surface area contributed by atoms with Crippen molar-refractivity contribution in [3.05, 3.63) is 113 Å². The van der Waals surface area contributed by atoms with Gasteiger partial charge in [0.05, 0.1) is 31.3 Å². The SMILES string of the molecule is COc1cc([C@H]2Oc3c(OC)cc(/C=C/COC(=O)c4ccc(O)cc4)cc3[C@@H]2COC(=O)c2ccc(O)cc2)ccc1O. The summed E-state index contributed by atoms with van der Waals surface area (Å²) in [6, 6.07) is 20.0. The Labute approximate surface area is 253 Å². The molecule has 226 valence electrons. The zero-order chi connectivity index (χ0) is 31.2. The third kappa shape index (κ3) is 6.54. The van der Waals surface area contributed by atoms with Gasteiger partial charge in [0.1, 0.15) is 30.8 Å². The van der Waals surface area contributed by atoms with Gasteiger partial charge in [-0.15, -0.1) is 0 Å². The molecule has 0 aromatic heterocycles. The lowest BCUT2D eigenvalue weighted by atomic mass is 9.90. The Hall–Kier alpha value is -5.64. The molecule has 3 N–H and O–H groups in total. The smallest absolute Gasteiger partial charge is 0.338 e. The van der Waals surface area contributed by atoms with Crippen molar-refractivity contribution in [2.75, 3.05) is 27.4 Å². The van der Waals surface area contributed by atoms with Gasteiger partial charge < -0.3 is 39.0 Å². The summed E-state index contributed by atoms with van der Waals surface area (Å²) in [4.78, 5) is 25.2. The fraction of sp³-hybridized carbons (Fsp3) is 0.176. The van der Waals surface area contributed by atoms with Gasteiger partial charge in [-0.25, -0.2) is 9.59 Å². The monoisotopic (exact) mass is 598 g/mol. The Balaban J connectivity index is 1.40. The van der Waals surface area contributed by atoms with Crippen LogP contribution in [0.4, 0.5) is 0 Å². The third-order valence-electron chi connectivity index (χ3n) is 7.09. The summed E-state index contributed by atoms with van der Waals surface area (Å²) in [5.41, 5.74) is 2.72. The minimum atomic E-state index is -0.619. The van der Waals surface area contributed by atoms with Crippen LogP contribution in [-0.2, 0) is 9.47 Å². The molecule has 0 fully saturated rings. The van der Waals surface area contributed by atoms with Crippen molar-refractivity contribution in [3.63, 3.8) is 0 Å². The van der Waals surface area contributed by atoms with E-state index in [2.05, 4.69) is 0 Å². The number of aromatic hydroxyl groups is 3. The molecule has 0 aliphatic carbocycles. The van der Waals surface area contributed by atoms with E-state index in [0.717, 1.165) is 11.1 Å². The molecule has 0 radical (unpaired) electrons. The Kier molecular flexibility index (Phi) is 8.90. The quantitative estimate of drug-likeness (QED) is 0.193. The molecule has 10 nitrogen and oxygen atoms in total. The first-order chi connectivity index (χ1) is 21.3. The molecule has 44 heavy (non-hydrogen) atoms. The normalized spacial score (nSPS) is 15.3. The second-order valence-electron chi connectivity index (χ2n) is 9.91. The number of rotatable bonds is 10. The molecule has 0 saturated heterocycles. The fourth-order valence-electron chi connectivity index (χ4n) is 4.85. The minimum absolute atomic E-state index is 0.000784. The molecule has 1 aliphatic rings. The molecule has 0 amide bonds. The number of ether oxygens (including phenoxy) is 5. The highest BCUT2D eigenvalue weighted by Crippen LogP contribution is 2.52. The molecule has 0 unspecified atom stereocenters. The minimum Gasteiger partial charge on any atom is -0.508 e. The van der Waals surface area contributed by atoms with Crippen molar-refractivity contribution in [3.8, 4) is 34.5 Å². The Morgan fingerprint density at radius 1 is 0.773 bits per heavy atom. The van der Waals surface area contributed by atoms with Gasteiger partial charge >= 0.3 is 11.9 Å². The molecule has 1 heterocycles. The Morgan fingerprint density at radius 3 is 2.00 bits per heavy atom. The average molecular weight is 599 g/mol. The number of esters is 2. The van der Waals surface area contributed by atoms with Crippen LogP contribution in [0.1, 0.15) is 49.4 Å². The van der Waals surface area contributed by atoms with Gasteiger partial charge in [-0.1, -0.05) is 12.1 Å². The maximum atomic E-state index is 12.9. The molecule has 0 saturated carbocycles. The second-order valence-corrected chi connectivity index (χ2v) is 9.91. The number of benzene rings is 4. The number of carbonyl (C=O) groups is 2. The van der Waals surface area contributed by atoms with Crippen molar-refractivity contribution in [2.45, 2.75) is 12.0 Å². The van der Waals surface area contributed by atoms with E-state index in [1.807, 2.05) is 6.07 Å². The van der Waals surface area contributed by atoms with Crippen LogP contribution in [0.2, 0.25) is 0 Å². The average Bonchev–Trinajstić information content (AvgIpc) is 3.40. The highest BCUT2D eigenvalue weighted by atomic mass is 16.5. The molecule has 1 aliphatic heterocycles. The van der Waals surface area contributed by atoms with Crippen LogP contribution < -0.4 is 14.2 Å². The highest BCUT2D eigenvalue weighted by Gasteiger charge is 2.39. The van der Waals surface area contributed by atoms with Crippen LogP contribution in [-0.4, -0.2) is 54.7 Å². The van der Waals surface area contributed by atoms with E-state index in [9.17, 15) is 24.9 Å². The number of phenolic OH excluding ortho intramolecular Hbond substituents is 3. The van der Waals surface area contributed by atoms with Crippen molar-refractivity contribution >= 4 is 18.0 Å². The predicted octanol–water partition coefficient (Wildman–Crippen LogP) is 5.77. The lowest BCUT2D eigenvalue weighted by Gasteiger charge is -2.20. The summed E-state index contributed by atoms with van der Waals surface area (Å²) in [5.74, 6) is -0.332. The van der Waals surface area contributed by atoms with Gasteiger partial charge in [-0.05, 0) is 90.0 Å². The summed E-state index contributed by atoms with van der Waals surface area (Å²) >= 11 is 0. The fourth-order valence-corrected chi connectivity index (χ4v) is 4.85. The first-order valence-electron chi connectivity index (χ1n) is 13.6. The van der Waals surface area contributed by atoms with E-state index in [-0.39, 0.29) is 41.8 Å². The van der Waals surface area contributed by atoms with Crippen molar-refractivity contribution in [2.24, 2.45) is 0 Å². The lowest BCUT2D eigenvalue weighted by molar-refractivity contribution is 0.0428. The van der Waals surface area contributed by atoms with Gasteiger partial charge in [0.2, 0.25) is 0 Å². The maximum Gasteiger partial charge on any atom is 0.338 e. The number of hydrogen-bond acceptors (Lipinski definition) is 10. The number of carbonyl (C=O) groups excluding carboxylic acids is 2. The van der Waals surface area contributed by atoms with Gasteiger partial charge in [-0.2, -0.15) is 0 Å². The second kappa shape index (κ2) is 13.1. The number of phenols is 3. The summed E-state index contributed by atoms with van der Waals surface area (Å²) < 4.78 is 28.4. The first-order valence-corrected chi connectivity index (χ1v) is 13.6. The maximum absolute atomic E-state index is 12.9. The zero-order valence-electron chi connectivity index (χ0n) is 23.9. The number of methoxy groups -OCH3 is 2. The highest BCUT2D eigenvalue weighted by molar-refractivity contribution is 5.90. The molecule has 4 aromatic carbocycles. The topological polar surface area (TPSA) is 141 Å². The van der Waals surface area contributed by atoms with Crippen LogP contribution in [0, 0.1) is 0 Å². The van der Waals surface area contributed by atoms with Crippen LogP contribution in [0.5, 0.6) is 34.5 Å². The van der Waals surface area contributed by atoms with Crippen LogP contribution in [0.15, 0.2) is 84.9 Å². The Morgan fingerprint density at radius 2 is 1.39 bits per heavy atom. The van der Waals surface area contributed by atoms with Crippen LogP contribution >= 0.6 is 0 Å². The van der Waals surface area contributed by atoms with E-state index >= 15 is 0 Å². The number of hydrogen-bond donors (Lipinski definition) is 3. The molecular weight excluding hydrogens is 568 g/mol. The van der Waals surface area contributed by atoms with E-state index in [1.165, 1.54) is 68.8 Å². The van der Waals surface area contributed by atoms with E-state index in [1.54, 1.807) is 30.4 Å². The Bertz CT molecular complexity index is 1680. The van der Waals surface area contributed by atoms with Crippen molar-refractivity contribution in [1.29, 1.82) is 0 Å². The van der Waals surface area contributed by atoms with Gasteiger partial charge in [0.15, 0.2) is 23.0 Å². The lowest BCUT2D eigenvalue weighted by Crippen LogP contribution is -2.18. The molecule has 0 spiro atoms. The summed E-state index contributed by atoms with van der Waals surface area (Å²) in [6.45, 7) is -0.0552. The molecule has 2 atom stereocenters. The van der Waals surface area contributed by atoms with Crippen LogP contribution in [0.3, 0.4) is 0 Å². The van der Waals surface area contributed by atoms with Crippen molar-refractivity contribution in [1.82, 2.24) is 0 Å². The van der Waals surface area contributed by atoms with Gasteiger partial charge in [-0.3, -0.25) is 0 Å². The number of fused-ring (bicyclic) bond motifs is 1. The summed E-state index contributed by atoms with van der Waals surface area (Å²) in [5, 5.41) is 29.1. The van der Waals surface area contributed by atoms with Crippen LogP contribution in [0.25, 0.3) is 6.08 Å². The van der Waals surface area contributed by atoms with E-state index in [4.69, 9.17) is 23.7 Å². The molecule has 5 rings (SSSR count). The first kappa shape index (κ1) is 29.8. The zero-order valence-corrected chi connectivity index (χ0v) is 23.9. The molecule has 0 bridgehead atoms. The molecule has 10 heteroatoms. The van der Waals surface area contributed by atoms with Gasteiger partial charge in [0.25, 0.3) is 0 Å². The van der Waals surface area contributed by atoms with E-state index in [0.29, 0.717) is 22.6 Å². The standard InChI is InChI=1S/C34H30O10/c1-40-29-18-23(9-14-28(29)37)31-27(19-43-34(39)22-7-12-25(36)13-8-22)26-16-20(17-30(41-2)32(26)44-31)4-3-15-42-33(38)21-5-10-24(35)11-6-21/h3-14,16-18,27,31,35-37H,15,19H2,1-2H3/b4-3+/t27-,31+/m0/s1. The van der Waals surface area contributed by atoms with Crippen molar-refractivity contribution < 1.29 is 48.6 Å². The van der Waals surface area contributed by atoms with Gasteiger partial charge in [0, 0.05) is 5.56 Å². The third-order valence-corrected chi connectivity index (χ3v) is 7.09. The largest absolute Gasteiger partial charge is 0.508 e. The summed E-state index contributed by atoms with van der Waals surface area (Å²) in [7, 11) is 2.96. The predicted molar refractivity (Wildman–Crippen MR) is 160 cm³/mol. The van der Waals surface area contributed by atoms with E-state index < -0.39 is 24.0 Å². The molecular formula is C34H30O10. The molecule has 4 aromatic rings.